The van der Waals surface area contributed by atoms with Crippen LogP contribution in [0.2, 0.25) is 0 Å². The number of carbonyl (C=O) groups excluding carboxylic acids is 1. The molecule has 0 spiro atoms. The van der Waals surface area contributed by atoms with Gasteiger partial charge in [-0.1, -0.05) is 0 Å². The number of hydrogen-bond acceptors (Lipinski definition) is 4. The number of carbonyl (C=O) groups is 1. The first-order valence-electron chi connectivity index (χ1n) is 6.12. The molecule has 1 saturated carbocycles. The van der Waals surface area contributed by atoms with Gasteiger partial charge in [0, 0.05) is 5.92 Å². The minimum Gasteiger partial charge on any atom is -0.469 e. The van der Waals surface area contributed by atoms with Crippen LogP contribution in [0.3, 0.4) is 0 Å². The second-order valence-electron chi connectivity index (χ2n) is 4.60. The molecule has 2 aliphatic rings. The minimum absolute atomic E-state index is 0.0349. The summed E-state index contributed by atoms with van der Waals surface area (Å²) in [6, 6.07) is 0. The first-order valence-corrected chi connectivity index (χ1v) is 6.12. The Labute approximate surface area is 96.2 Å². The summed E-state index contributed by atoms with van der Waals surface area (Å²) in [5.74, 6) is 0.481. The van der Waals surface area contributed by atoms with Crippen molar-refractivity contribution >= 4 is 5.97 Å². The van der Waals surface area contributed by atoms with Crippen molar-refractivity contribution in [1.29, 1.82) is 0 Å². The fraction of sp³-hybridized carbons (Fsp3) is 0.917. The summed E-state index contributed by atoms with van der Waals surface area (Å²) in [5.41, 5.74) is 0. The lowest BCUT2D eigenvalue weighted by Crippen LogP contribution is -2.35. The zero-order chi connectivity index (χ0) is 11.4. The maximum atomic E-state index is 11.4. The van der Waals surface area contributed by atoms with E-state index in [1.807, 2.05) is 0 Å². The van der Waals surface area contributed by atoms with Gasteiger partial charge in [0.25, 0.3) is 0 Å². The highest BCUT2D eigenvalue weighted by Crippen LogP contribution is 2.33. The molecule has 2 rings (SSSR count). The van der Waals surface area contributed by atoms with Gasteiger partial charge in [-0.3, -0.25) is 4.79 Å². The Morgan fingerprint density at radius 1 is 1.12 bits per heavy atom. The molecule has 1 heterocycles. The minimum atomic E-state index is -0.0658. The molecule has 0 aromatic carbocycles. The van der Waals surface area contributed by atoms with Gasteiger partial charge in [0.2, 0.25) is 0 Å². The summed E-state index contributed by atoms with van der Waals surface area (Å²) >= 11 is 0. The molecule has 0 radical (unpaired) electrons. The third-order valence-corrected chi connectivity index (χ3v) is 3.54. The summed E-state index contributed by atoms with van der Waals surface area (Å²) in [5, 5.41) is 0. The Bertz CT molecular complexity index is 227. The molecular weight excluding hydrogens is 208 g/mol. The first kappa shape index (κ1) is 11.9. The molecule has 0 amide bonds. The van der Waals surface area contributed by atoms with Gasteiger partial charge in [0.05, 0.1) is 26.2 Å². The molecule has 1 saturated heterocycles. The van der Waals surface area contributed by atoms with E-state index in [2.05, 4.69) is 0 Å². The summed E-state index contributed by atoms with van der Waals surface area (Å²) < 4.78 is 16.0. The fourth-order valence-electron chi connectivity index (χ4n) is 2.57. The van der Waals surface area contributed by atoms with Crippen LogP contribution < -0.4 is 0 Å². The van der Waals surface area contributed by atoms with Gasteiger partial charge < -0.3 is 14.2 Å². The Morgan fingerprint density at radius 3 is 2.31 bits per heavy atom. The molecule has 92 valence electrons. The van der Waals surface area contributed by atoms with E-state index in [1.165, 1.54) is 7.11 Å². The molecule has 2 fully saturated rings. The fourth-order valence-corrected chi connectivity index (χ4v) is 2.57. The van der Waals surface area contributed by atoms with Gasteiger partial charge in [-0.2, -0.15) is 0 Å². The monoisotopic (exact) mass is 228 g/mol. The Hall–Kier alpha value is -0.610. The van der Waals surface area contributed by atoms with Gasteiger partial charge >= 0.3 is 5.97 Å². The average Bonchev–Trinajstić information content (AvgIpc) is 2.39. The van der Waals surface area contributed by atoms with Crippen LogP contribution >= 0.6 is 0 Å². The quantitative estimate of drug-likeness (QED) is 0.675. The van der Waals surface area contributed by atoms with Crippen LogP contribution in [0.1, 0.15) is 32.1 Å². The number of esters is 1. The number of ether oxygens (including phenoxy) is 3. The van der Waals surface area contributed by atoms with E-state index in [1.54, 1.807) is 0 Å². The number of rotatable bonds is 2. The third-order valence-electron chi connectivity index (χ3n) is 3.54. The Balaban J connectivity index is 1.78. The zero-order valence-corrected chi connectivity index (χ0v) is 9.81. The number of hydrogen-bond donors (Lipinski definition) is 0. The largest absolute Gasteiger partial charge is 0.469 e. The van der Waals surface area contributed by atoms with Crippen LogP contribution in [-0.4, -0.2) is 32.6 Å². The molecule has 0 bridgehead atoms. The Morgan fingerprint density at radius 2 is 1.75 bits per heavy atom. The van der Waals surface area contributed by atoms with Crippen molar-refractivity contribution in [2.24, 2.45) is 11.8 Å². The van der Waals surface area contributed by atoms with Gasteiger partial charge in [-0.15, -0.1) is 0 Å². The van der Waals surface area contributed by atoms with Crippen LogP contribution in [0.25, 0.3) is 0 Å². The average molecular weight is 228 g/mol. The summed E-state index contributed by atoms with van der Waals surface area (Å²) in [4.78, 5) is 11.4. The van der Waals surface area contributed by atoms with Crippen molar-refractivity contribution < 1.29 is 19.0 Å². The highest BCUT2D eigenvalue weighted by Gasteiger charge is 2.32. The summed E-state index contributed by atoms with van der Waals surface area (Å²) in [6.45, 7) is 1.61. The van der Waals surface area contributed by atoms with Gasteiger partial charge in [-0.05, 0) is 32.1 Å². The van der Waals surface area contributed by atoms with Gasteiger partial charge in [0.1, 0.15) is 0 Å². The predicted molar refractivity (Wildman–Crippen MR) is 57.8 cm³/mol. The normalized spacial score (nSPS) is 32.3. The van der Waals surface area contributed by atoms with Crippen molar-refractivity contribution in [2.45, 2.75) is 38.4 Å². The Kier molecular flexibility index (Phi) is 4.18. The summed E-state index contributed by atoms with van der Waals surface area (Å²) in [7, 11) is 1.46. The smallest absolute Gasteiger partial charge is 0.308 e. The lowest BCUT2D eigenvalue weighted by Gasteiger charge is -2.34. The molecule has 0 atom stereocenters. The van der Waals surface area contributed by atoms with E-state index in [0.29, 0.717) is 5.92 Å². The molecule has 1 aliphatic carbocycles. The zero-order valence-electron chi connectivity index (χ0n) is 9.81. The standard InChI is InChI=1S/C12H20O4/c1-14-11(13)9-3-5-10(6-4-9)12-15-7-2-8-16-12/h9-10,12H,2-8H2,1H3. The molecular formula is C12H20O4. The van der Waals surface area contributed by atoms with E-state index in [-0.39, 0.29) is 18.2 Å². The van der Waals surface area contributed by atoms with E-state index in [4.69, 9.17) is 14.2 Å². The highest BCUT2D eigenvalue weighted by atomic mass is 16.7. The van der Waals surface area contributed by atoms with Crippen molar-refractivity contribution in [3.63, 3.8) is 0 Å². The molecule has 16 heavy (non-hydrogen) atoms. The van der Waals surface area contributed by atoms with Crippen molar-refractivity contribution in [1.82, 2.24) is 0 Å². The number of methoxy groups -OCH3 is 1. The van der Waals surface area contributed by atoms with Crippen LogP contribution in [0.15, 0.2) is 0 Å². The SMILES string of the molecule is COC(=O)C1CCC(C2OCCCO2)CC1. The van der Waals surface area contributed by atoms with Crippen LogP contribution in [0.5, 0.6) is 0 Å². The lowest BCUT2D eigenvalue weighted by atomic mass is 9.81. The molecule has 0 aromatic heterocycles. The van der Waals surface area contributed by atoms with E-state index in [9.17, 15) is 4.79 Å². The molecule has 0 unspecified atom stereocenters. The molecule has 0 aromatic rings. The molecule has 1 aliphatic heterocycles. The first-order chi connectivity index (χ1) is 7.81. The van der Waals surface area contributed by atoms with E-state index >= 15 is 0 Å². The molecule has 4 heteroatoms. The van der Waals surface area contributed by atoms with Crippen LogP contribution in [0.4, 0.5) is 0 Å². The molecule has 0 N–H and O–H groups in total. The molecule has 4 nitrogen and oxygen atoms in total. The van der Waals surface area contributed by atoms with Crippen LogP contribution in [0, 0.1) is 11.8 Å². The van der Waals surface area contributed by atoms with Crippen molar-refractivity contribution in [3.8, 4) is 0 Å². The van der Waals surface area contributed by atoms with Crippen LogP contribution in [-0.2, 0) is 19.0 Å². The predicted octanol–water partition coefficient (Wildman–Crippen LogP) is 1.73. The van der Waals surface area contributed by atoms with Gasteiger partial charge in [-0.25, -0.2) is 0 Å². The maximum absolute atomic E-state index is 11.4. The third kappa shape index (κ3) is 2.74. The van der Waals surface area contributed by atoms with Crippen molar-refractivity contribution in [2.75, 3.05) is 20.3 Å². The maximum Gasteiger partial charge on any atom is 0.308 e. The lowest BCUT2D eigenvalue weighted by molar-refractivity contribution is -0.211. The second-order valence-corrected chi connectivity index (χ2v) is 4.60. The van der Waals surface area contributed by atoms with E-state index in [0.717, 1.165) is 45.3 Å². The van der Waals surface area contributed by atoms with Crippen molar-refractivity contribution in [3.05, 3.63) is 0 Å². The highest BCUT2D eigenvalue weighted by molar-refractivity contribution is 5.72. The van der Waals surface area contributed by atoms with Gasteiger partial charge in [0.15, 0.2) is 6.29 Å². The summed E-state index contributed by atoms with van der Waals surface area (Å²) in [6.07, 6.45) is 4.77. The van der Waals surface area contributed by atoms with E-state index < -0.39 is 0 Å². The second kappa shape index (κ2) is 5.64. The topological polar surface area (TPSA) is 44.8 Å².